The van der Waals surface area contributed by atoms with Crippen LogP contribution in [0.5, 0.6) is 0 Å². The Balaban J connectivity index is 2.40. The molecule has 8 nitrogen and oxygen atoms in total. The van der Waals surface area contributed by atoms with Gasteiger partial charge in [-0.3, -0.25) is 4.79 Å². The Kier molecular flexibility index (Phi) is 5.62. The molecule has 2 rings (SSSR count). The second kappa shape index (κ2) is 7.49. The van der Waals surface area contributed by atoms with Crippen LogP contribution in [0, 0.1) is 12.3 Å². The van der Waals surface area contributed by atoms with Gasteiger partial charge in [-0.2, -0.15) is 5.10 Å². The van der Waals surface area contributed by atoms with Crippen LogP contribution in [0.1, 0.15) is 29.9 Å². The molecular weight excluding hydrogens is 310 g/mol. The zero-order chi connectivity index (χ0) is 17.9. The normalized spacial score (nSPS) is 21.4. The first-order chi connectivity index (χ1) is 11.5. The minimum atomic E-state index is -1.24. The molecule has 1 fully saturated rings. The summed E-state index contributed by atoms with van der Waals surface area (Å²) in [7, 11) is 3.30. The maximum atomic E-state index is 12.1. The van der Waals surface area contributed by atoms with Crippen molar-refractivity contribution >= 4 is 11.7 Å². The predicted molar refractivity (Wildman–Crippen MR) is 90.1 cm³/mol. The molecule has 0 saturated carbocycles. The van der Waals surface area contributed by atoms with Crippen LogP contribution in [0.15, 0.2) is 12.7 Å². The molecule has 1 saturated heterocycles. The molecule has 1 amide bonds. The third-order valence-electron chi connectivity index (χ3n) is 4.17. The fourth-order valence-corrected chi connectivity index (χ4v) is 3.15. The van der Waals surface area contributed by atoms with E-state index in [1.54, 1.807) is 23.7 Å². The zero-order valence-electron chi connectivity index (χ0n) is 13.9. The molecule has 1 aliphatic rings. The summed E-state index contributed by atoms with van der Waals surface area (Å²) < 4.78 is 6.91. The summed E-state index contributed by atoms with van der Waals surface area (Å²) in [5.74, 6) is 2.83. The Morgan fingerprint density at radius 1 is 1.75 bits per heavy atom. The highest BCUT2D eigenvalue weighted by molar-refractivity contribution is 5.87. The van der Waals surface area contributed by atoms with Gasteiger partial charge in [0.15, 0.2) is 0 Å². The number of aliphatic hydroxyl groups is 1. The molecule has 0 aromatic carbocycles. The topological polar surface area (TPSA) is 106 Å². The molecule has 24 heavy (non-hydrogen) atoms. The molecule has 4 N–H and O–H groups in total. The lowest BCUT2D eigenvalue weighted by Gasteiger charge is -2.22. The summed E-state index contributed by atoms with van der Waals surface area (Å²) in [5, 5.41) is 17.2. The molecule has 1 unspecified atom stereocenters. The number of anilines is 1. The lowest BCUT2D eigenvalue weighted by Crippen LogP contribution is -2.37. The van der Waals surface area contributed by atoms with E-state index >= 15 is 0 Å². The van der Waals surface area contributed by atoms with E-state index in [1.807, 2.05) is 0 Å². The van der Waals surface area contributed by atoms with Gasteiger partial charge in [0.1, 0.15) is 17.7 Å². The average Bonchev–Trinajstić information content (AvgIpc) is 3.15. The van der Waals surface area contributed by atoms with Gasteiger partial charge < -0.3 is 25.8 Å². The maximum Gasteiger partial charge on any atom is 0.246 e. The first kappa shape index (κ1) is 18.0. The van der Waals surface area contributed by atoms with Gasteiger partial charge in [-0.15, -0.1) is 6.42 Å². The van der Waals surface area contributed by atoms with Crippen molar-refractivity contribution < 1.29 is 14.6 Å². The van der Waals surface area contributed by atoms with Crippen molar-refractivity contribution in [3.05, 3.63) is 23.9 Å². The average molecular weight is 333 g/mol. The molecule has 130 valence electrons. The van der Waals surface area contributed by atoms with Crippen molar-refractivity contribution in [2.24, 2.45) is 5.73 Å². The van der Waals surface area contributed by atoms with Crippen LogP contribution in [0.2, 0.25) is 0 Å². The smallest absolute Gasteiger partial charge is 0.246 e. The Hall–Kier alpha value is -2.34. The summed E-state index contributed by atoms with van der Waals surface area (Å²) in [6, 6.07) is -0.198. The van der Waals surface area contributed by atoms with Crippen LogP contribution in [-0.4, -0.2) is 59.0 Å². The van der Waals surface area contributed by atoms with E-state index in [0.717, 1.165) is 0 Å². The van der Waals surface area contributed by atoms with Gasteiger partial charge in [0, 0.05) is 20.7 Å². The van der Waals surface area contributed by atoms with Gasteiger partial charge in [0.25, 0.3) is 0 Å². The first-order valence-electron chi connectivity index (χ1n) is 7.60. The summed E-state index contributed by atoms with van der Waals surface area (Å²) in [6.45, 7) is 4.40. The van der Waals surface area contributed by atoms with Crippen LogP contribution < -0.4 is 11.1 Å². The van der Waals surface area contributed by atoms with E-state index in [2.05, 4.69) is 22.9 Å². The number of carbonyl (C=O) groups is 1. The number of likely N-dealkylation sites (tertiary alicyclic amines) is 1. The lowest BCUT2D eigenvalue weighted by molar-refractivity contribution is -0.127. The molecular formula is C16H23N5O3. The van der Waals surface area contributed by atoms with E-state index < -0.39 is 6.23 Å². The molecule has 1 aromatic heterocycles. The van der Waals surface area contributed by atoms with Gasteiger partial charge in [-0.1, -0.05) is 6.58 Å². The lowest BCUT2D eigenvalue weighted by atomic mass is 10.1. The van der Waals surface area contributed by atoms with E-state index in [-0.39, 0.29) is 23.7 Å². The Morgan fingerprint density at radius 2 is 2.46 bits per heavy atom. The summed E-state index contributed by atoms with van der Waals surface area (Å²) >= 11 is 0. The maximum absolute atomic E-state index is 12.1. The number of aliphatic hydroxyl groups excluding tert-OH is 1. The summed E-state index contributed by atoms with van der Waals surface area (Å²) in [4.78, 5) is 13.8. The standard InChI is InChI=1S/C16H23N5O3/c1-5-12-14(15(17)23)16(18-3)21(19-12)10-7-11(9-24-4)20(8-10)13(22)6-2/h1,6,10-11,15,18,23H,2,7-9,17H2,3-4H3/t10-,11+,15?/m0/s1. The minimum absolute atomic E-state index is 0.0834. The van der Waals surface area contributed by atoms with Crippen LogP contribution in [0.25, 0.3) is 0 Å². The molecule has 1 aromatic rings. The van der Waals surface area contributed by atoms with Gasteiger partial charge in [0.05, 0.1) is 24.3 Å². The molecule has 1 aliphatic heterocycles. The van der Waals surface area contributed by atoms with Crippen molar-refractivity contribution in [1.29, 1.82) is 0 Å². The van der Waals surface area contributed by atoms with Crippen LogP contribution >= 0.6 is 0 Å². The Morgan fingerprint density at radius 3 is 2.96 bits per heavy atom. The highest BCUT2D eigenvalue weighted by atomic mass is 16.5. The first-order valence-corrected chi connectivity index (χ1v) is 7.60. The second-order valence-corrected chi connectivity index (χ2v) is 5.59. The number of carbonyl (C=O) groups excluding carboxylic acids is 1. The predicted octanol–water partition coefficient (Wildman–Crippen LogP) is -0.170. The molecule has 0 radical (unpaired) electrons. The molecule has 2 heterocycles. The fourth-order valence-electron chi connectivity index (χ4n) is 3.15. The van der Waals surface area contributed by atoms with Gasteiger partial charge in [-0.25, -0.2) is 4.68 Å². The third kappa shape index (κ3) is 3.14. The van der Waals surface area contributed by atoms with Crippen LogP contribution in [0.4, 0.5) is 5.82 Å². The number of nitrogens with two attached hydrogens (primary N) is 1. The van der Waals surface area contributed by atoms with Gasteiger partial charge in [0.2, 0.25) is 5.91 Å². The number of hydrogen-bond donors (Lipinski definition) is 3. The molecule has 0 spiro atoms. The number of rotatable bonds is 6. The Bertz CT molecular complexity index is 661. The van der Waals surface area contributed by atoms with Crippen molar-refractivity contribution in [1.82, 2.24) is 14.7 Å². The number of methoxy groups -OCH3 is 1. The van der Waals surface area contributed by atoms with E-state index in [0.29, 0.717) is 31.0 Å². The second-order valence-electron chi connectivity index (χ2n) is 5.59. The third-order valence-corrected chi connectivity index (χ3v) is 4.17. The molecule has 0 bridgehead atoms. The largest absolute Gasteiger partial charge is 0.383 e. The van der Waals surface area contributed by atoms with Crippen molar-refractivity contribution in [3.8, 4) is 12.3 Å². The van der Waals surface area contributed by atoms with Crippen LogP contribution in [-0.2, 0) is 9.53 Å². The van der Waals surface area contributed by atoms with E-state index in [1.165, 1.54) is 6.08 Å². The number of hydrogen-bond acceptors (Lipinski definition) is 6. The molecule has 0 aliphatic carbocycles. The van der Waals surface area contributed by atoms with Crippen molar-refractivity contribution in [2.45, 2.75) is 24.7 Å². The number of ether oxygens (including phenoxy) is 1. The molecule has 3 atom stereocenters. The summed E-state index contributed by atoms with van der Waals surface area (Å²) in [6.07, 6.45) is 6.17. The Labute approximate surface area is 141 Å². The molecule has 8 heteroatoms. The quantitative estimate of drug-likeness (QED) is 0.379. The number of nitrogens with one attached hydrogen (secondary N) is 1. The highest BCUT2D eigenvalue weighted by Gasteiger charge is 2.37. The van der Waals surface area contributed by atoms with E-state index in [4.69, 9.17) is 16.9 Å². The van der Waals surface area contributed by atoms with Gasteiger partial charge >= 0.3 is 0 Å². The highest BCUT2D eigenvalue weighted by Crippen LogP contribution is 2.33. The van der Waals surface area contributed by atoms with Crippen LogP contribution in [0.3, 0.4) is 0 Å². The number of amides is 1. The van der Waals surface area contributed by atoms with E-state index in [9.17, 15) is 9.90 Å². The monoisotopic (exact) mass is 333 g/mol. The minimum Gasteiger partial charge on any atom is -0.383 e. The summed E-state index contributed by atoms with van der Waals surface area (Å²) in [5.41, 5.74) is 6.27. The zero-order valence-corrected chi connectivity index (χ0v) is 13.9. The fraction of sp³-hybridized carbons (Fsp3) is 0.500. The number of terminal acetylenes is 1. The number of nitrogens with zero attached hydrogens (tertiary/aromatic N) is 3. The van der Waals surface area contributed by atoms with Gasteiger partial charge in [-0.05, 0) is 18.4 Å². The van der Waals surface area contributed by atoms with Crippen molar-refractivity contribution in [3.63, 3.8) is 0 Å². The van der Waals surface area contributed by atoms with Crippen molar-refractivity contribution in [2.75, 3.05) is 32.6 Å². The SMILES string of the molecule is C#Cc1nn([C@H]2C[C@H](COC)N(C(=O)C=C)C2)c(NC)c1C(N)O. The number of aromatic nitrogens is 2.